The molecule has 7 heteroatoms. The van der Waals surface area contributed by atoms with Gasteiger partial charge in [-0.05, 0) is 43.2 Å². The highest BCUT2D eigenvalue weighted by Gasteiger charge is 2.40. The van der Waals surface area contributed by atoms with Crippen LogP contribution >= 0.6 is 27.7 Å². The van der Waals surface area contributed by atoms with Gasteiger partial charge in [-0.15, -0.1) is 0 Å². The number of anilines is 1. The molecule has 3 rings (SSSR count). The third-order valence-corrected chi connectivity index (χ3v) is 5.88. The molecule has 2 N–H and O–H groups in total. The minimum atomic E-state index is -0.840. The van der Waals surface area contributed by atoms with E-state index in [0.717, 1.165) is 15.6 Å². The Hall–Kier alpha value is -2.56. The van der Waals surface area contributed by atoms with Crippen molar-refractivity contribution in [1.82, 2.24) is 0 Å². The Balaban J connectivity index is 2.03. The van der Waals surface area contributed by atoms with Crippen LogP contribution in [0.15, 0.2) is 63.6 Å². The van der Waals surface area contributed by atoms with Crippen LogP contribution in [0.2, 0.25) is 0 Å². The van der Waals surface area contributed by atoms with Gasteiger partial charge in [0.25, 0.3) is 5.91 Å². The predicted octanol–water partition coefficient (Wildman–Crippen LogP) is 3.67. The molecule has 0 bridgehead atoms. The Labute approximate surface area is 170 Å². The van der Waals surface area contributed by atoms with E-state index in [9.17, 15) is 14.9 Å². The van der Waals surface area contributed by atoms with E-state index in [1.54, 1.807) is 12.1 Å². The Bertz CT molecular complexity index is 979. The van der Waals surface area contributed by atoms with E-state index in [-0.39, 0.29) is 11.5 Å². The van der Waals surface area contributed by atoms with Gasteiger partial charge < -0.3 is 5.73 Å². The van der Waals surface area contributed by atoms with Crippen LogP contribution in [0.5, 0.6) is 0 Å². The van der Waals surface area contributed by atoms with Crippen LogP contribution in [-0.4, -0.2) is 17.1 Å². The third-order valence-electron chi connectivity index (χ3n) is 4.13. The molecule has 2 aromatic rings. The number of aryl methyl sites for hydroxylation is 1. The van der Waals surface area contributed by atoms with Crippen molar-refractivity contribution in [3.05, 3.63) is 74.7 Å². The molecule has 1 aliphatic heterocycles. The van der Waals surface area contributed by atoms with E-state index in [1.165, 1.54) is 16.7 Å². The number of carbonyl (C=O) groups excluding carboxylic acids is 2. The molecule has 136 valence electrons. The first kappa shape index (κ1) is 19.2. The van der Waals surface area contributed by atoms with Gasteiger partial charge in [0, 0.05) is 10.2 Å². The molecule has 1 atom stereocenters. The van der Waals surface area contributed by atoms with Gasteiger partial charge in [0.2, 0.25) is 5.91 Å². The number of halogens is 1. The first-order valence-electron chi connectivity index (χ1n) is 8.16. The molecule has 1 heterocycles. The van der Waals surface area contributed by atoms with E-state index in [2.05, 4.69) is 15.9 Å². The summed E-state index contributed by atoms with van der Waals surface area (Å²) in [5.41, 5.74) is 7.82. The second-order valence-corrected chi connectivity index (χ2v) is 8.21. The summed E-state index contributed by atoms with van der Waals surface area (Å²) in [4.78, 5) is 26.3. The molecular formula is C20H16BrN3O2S. The highest BCUT2D eigenvalue weighted by molar-refractivity contribution is 9.10. The molecule has 0 radical (unpaired) electrons. The van der Waals surface area contributed by atoms with E-state index < -0.39 is 11.2 Å². The lowest BCUT2D eigenvalue weighted by atomic mass is 10.1. The molecule has 2 amide bonds. The van der Waals surface area contributed by atoms with Gasteiger partial charge in [-0.25, -0.2) is 0 Å². The summed E-state index contributed by atoms with van der Waals surface area (Å²) in [5.74, 6) is -1.01. The fourth-order valence-corrected chi connectivity index (χ4v) is 4.57. The van der Waals surface area contributed by atoms with Crippen molar-refractivity contribution < 1.29 is 9.59 Å². The number of primary amides is 1. The average molecular weight is 442 g/mol. The summed E-state index contributed by atoms with van der Waals surface area (Å²) in [5, 5.41) is 9.24. The van der Waals surface area contributed by atoms with Crippen LogP contribution in [0.3, 0.4) is 0 Å². The van der Waals surface area contributed by atoms with Crippen molar-refractivity contribution in [3.8, 4) is 6.07 Å². The van der Waals surface area contributed by atoms with Crippen LogP contribution in [0.1, 0.15) is 11.1 Å². The van der Waals surface area contributed by atoms with Gasteiger partial charge >= 0.3 is 0 Å². The molecule has 27 heavy (non-hydrogen) atoms. The Morgan fingerprint density at radius 3 is 2.59 bits per heavy atom. The number of thioether (sulfide) groups is 1. The summed E-state index contributed by atoms with van der Waals surface area (Å²) in [6.07, 6.45) is 0.478. The fraction of sp³-hybridized carbons (Fsp3) is 0.150. The number of carbonyl (C=O) groups is 2. The lowest BCUT2D eigenvalue weighted by Crippen LogP contribution is -2.31. The molecule has 2 aromatic carbocycles. The minimum absolute atomic E-state index is 0.173. The van der Waals surface area contributed by atoms with E-state index in [4.69, 9.17) is 5.73 Å². The zero-order chi connectivity index (χ0) is 19.6. The van der Waals surface area contributed by atoms with Crippen molar-refractivity contribution in [2.45, 2.75) is 18.6 Å². The van der Waals surface area contributed by atoms with Gasteiger partial charge in [-0.1, -0.05) is 57.5 Å². The lowest BCUT2D eigenvalue weighted by molar-refractivity contribution is -0.117. The fourth-order valence-electron chi connectivity index (χ4n) is 2.81. The number of benzene rings is 2. The van der Waals surface area contributed by atoms with E-state index in [0.29, 0.717) is 17.1 Å². The monoisotopic (exact) mass is 441 g/mol. The molecule has 1 saturated heterocycles. The topological polar surface area (TPSA) is 87.2 Å². The van der Waals surface area contributed by atoms with Crippen molar-refractivity contribution in [2.24, 2.45) is 5.73 Å². The van der Waals surface area contributed by atoms with Gasteiger partial charge in [-0.2, -0.15) is 5.26 Å². The molecule has 0 aromatic heterocycles. The number of hydrogen-bond acceptors (Lipinski definition) is 4. The summed E-state index contributed by atoms with van der Waals surface area (Å²) in [6.45, 7) is 1.95. The summed E-state index contributed by atoms with van der Waals surface area (Å²) in [7, 11) is 0. The summed E-state index contributed by atoms with van der Waals surface area (Å²) in [6, 6.07) is 16.9. The highest BCUT2D eigenvalue weighted by atomic mass is 79.9. The normalized spacial score (nSPS) is 18.3. The zero-order valence-corrected chi connectivity index (χ0v) is 16.9. The maximum Gasteiger partial charge on any atom is 0.262 e. The smallest absolute Gasteiger partial charge is 0.262 e. The largest absolute Gasteiger partial charge is 0.365 e. The number of hydrogen-bond donors (Lipinski definition) is 1. The first-order chi connectivity index (χ1) is 12.9. The highest BCUT2D eigenvalue weighted by Crippen LogP contribution is 2.41. The minimum Gasteiger partial charge on any atom is -0.365 e. The second-order valence-electron chi connectivity index (χ2n) is 6.11. The average Bonchev–Trinajstić information content (AvgIpc) is 2.92. The molecule has 0 spiro atoms. The zero-order valence-electron chi connectivity index (χ0n) is 14.5. The Morgan fingerprint density at radius 2 is 2.00 bits per heavy atom. The Kier molecular flexibility index (Phi) is 5.68. The number of rotatable bonds is 4. The Morgan fingerprint density at radius 1 is 1.30 bits per heavy atom. The van der Waals surface area contributed by atoms with Crippen LogP contribution < -0.4 is 10.6 Å². The van der Waals surface area contributed by atoms with Crippen molar-refractivity contribution >= 4 is 45.2 Å². The van der Waals surface area contributed by atoms with Crippen LogP contribution in [0.25, 0.3) is 0 Å². The van der Waals surface area contributed by atoms with Crippen molar-refractivity contribution in [2.75, 3.05) is 4.90 Å². The van der Waals surface area contributed by atoms with Gasteiger partial charge in [0.05, 0.1) is 5.25 Å². The number of nitrogens with two attached hydrogens (primary N) is 1. The van der Waals surface area contributed by atoms with Gasteiger partial charge in [0.1, 0.15) is 16.7 Å². The van der Waals surface area contributed by atoms with Gasteiger partial charge in [0.15, 0.2) is 0 Å². The predicted molar refractivity (Wildman–Crippen MR) is 110 cm³/mol. The molecule has 1 aliphatic rings. The molecule has 0 unspecified atom stereocenters. The summed E-state index contributed by atoms with van der Waals surface area (Å²) >= 11 is 4.64. The van der Waals surface area contributed by atoms with Crippen LogP contribution in [-0.2, 0) is 16.0 Å². The second kappa shape index (κ2) is 7.99. The third kappa shape index (κ3) is 4.07. The summed E-state index contributed by atoms with van der Waals surface area (Å²) < 4.78 is 0.927. The van der Waals surface area contributed by atoms with Gasteiger partial charge in [-0.3, -0.25) is 14.5 Å². The molecule has 1 fully saturated rings. The van der Waals surface area contributed by atoms with Crippen LogP contribution in [0, 0.1) is 18.3 Å². The number of amides is 2. The maximum absolute atomic E-state index is 13.1. The van der Waals surface area contributed by atoms with E-state index in [1.807, 2.05) is 49.4 Å². The standard InChI is InChI=1S/C20H16BrN3O2S/c1-12-5-7-15(8-6-12)24-19(26)17(10-13-3-2-4-14(21)9-13)27-20(24)16(11-22)18(23)25/h2-9,17H,10H2,1H3,(H2,23,25)/b20-16+/t17-/m1/s1. The molecule has 0 aliphatic carbocycles. The number of nitriles is 1. The van der Waals surface area contributed by atoms with Crippen molar-refractivity contribution in [1.29, 1.82) is 5.26 Å². The van der Waals surface area contributed by atoms with Crippen LogP contribution in [0.4, 0.5) is 5.69 Å². The number of nitrogens with zero attached hydrogens (tertiary/aromatic N) is 2. The first-order valence-corrected chi connectivity index (χ1v) is 9.84. The molecule has 0 saturated carbocycles. The maximum atomic E-state index is 13.1. The quantitative estimate of drug-likeness (QED) is 0.578. The van der Waals surface area contributed by atoms with E-state index >= 15 is 0 Å². The lowest BCUT2D eigenvalue weighted by Gasteiger charge is -2.18. The molecule has 5 nitrogen and oxygen atoms in total. The van der Waals surface area contributed by atoms with Crippen molar-refractivity contribution in [3.63, 3.8) is 0 Å². The molecular weight excluding hydrogens is 426 g/mol. The SMILES string of the molecule is Cc1ccc(N2C(=O)[C@@H](Cc3cccc(Br)c3)S/C2=C(\C#N)C(N)=O)cc1.